The lowest BCUT2D eigenvalue weighted by atomic mass is 10.2. The number of amides is 1. The summed E-state index contributed by atoms with van der Waals surface area (Å²) in [5.74, 6) is 5.68. The van der Waals surface area contributed by atoms with Gasteiger partial charge < -0.3 is 4.74 Å². The first-order valence-electron chi connectivity index (χ1n) is 8.13. The molecule has 5 nitrogen and oxygen atoms in total. The minimum Gasteiger partial charge on any atom is -0.443 e. The predicted octanol–water partition coefficient (Wildman–Crippen LogP) is 4.56. The summed E-state index contributed by atoms with van der Waals surface area (Å²) in [6, 6.07) is 14.3. The molecular weight excluding hydrogens is 430 g/mol. The second kappa shape index (κ2) is 8.59. The van der Waals surface area contributed by atoms with Crippen molar-refractivity contribution >= 4 is 37.7 Å². The molecule has 0 saturated carbocycles. The van der Waals surface area contributed by atoms with Crippen LogP contribution >= 0.6 is 15.9 Å². The highest BCUT2D eigenvalue weighted by Gasteiger charge is 2.34. The number of anilines is 1. The second-order valence-corrected chi connectivity index (χ2v) is 8.90. The van der Waals surface area contributed by atoms with E-state index in [-0.39, 0.29) is 10.6 Å². The van der Waals surface area contributed by atoms with Crippen LogP contribution in [0.1, 0.15) is 26.3 Å². The SMILES string of the molecule is CC(C)(C)OC(=O)N(c1ccccc1)S(=O)(=O)c1cccc(C#CCBr)c1. The molecule has 1 amide bonds. The zero-order valence-electron chi connectivity index (χ0n) is 15.3. The number of rotatable bonds is 3. The van der Waals surface area contributed by atoms with Crippen LogP contribution in [-0.2, 0) is 14.8 Å². The van der Waals surface area contributed by atoms with Crippen molar-refractivity contribution in [1.29, 1.82) is 0 Å². The Morgan fingerprint density at radius 2 is 1.78 bits per heavy atom. The van der Waals surface area contributed by atoms with Gasteiger partial charge in [0.25, 0.3) is 10.0 Å². The molecule has 0 spiro atoms. The third-order valence-corrected chi connectivity index (χ3v) is 5.19. The number of para-hydroxylation sites is 1. The molecule has 7 heteroatoms. The quantitative estimate of drug-likeness (QED) is 0.508. The van der Waals surface area contributed by atoms with Crippen molar-refractivity contribution in [3.05, 3.63) is 60.2 Å². The Balaban J connectivity index is 2.56. The van der Waals surface area contributed by atoms with Crippen LogP contribution < -0.4 is 4.31 Å². The van der Waals surface area contributed by atoms with Gasteiger partial charge in [0.05, 0.1) is 15.9 Å². The fourth-order valence-corrected chi connectivity index (χ4v) is 3.69. The van der Waals surface area contributed by atoms with E-state index in [2.05, 4.69) is 27.8 Å². The molecule has 0 aliphatic rings. The number of nitrogens with zero attached hydrogens (tertiary/aromatic N) is 1. The normalized spacial score (nSPS) is 11.3. The largest absolute Gasteiger partial charge is 0.443 e. The van der Waals surface area contributed by atoms with Gasteiger partial charge in [0.15, 0.2) is 0 Å². The third kappa shape index (κ3) is 5.59. The summed E-state index contributed by atoms with van der Waals surface area (Å²) in [5, 5.41) is 0.470. The lowest BCUT2D eigenvalue weighted by Gasteiger charge is -2.27. The zero-order valence-corrected chi connectivity index (χ0v) is 17.7. The van der Waals surface area contributed by atoms with Crippen molar-refractivity contribution in [2.45, 2.75) is 31.3 Å². The van der Waals surface area contributed by atoms with E-state index in [1.165, 1.54) is 24.3 Å². The molecule has 2 rings (SSSR count). The van der Waals surface area contributed by atoms with E-state index in [4.69, 9.17) is 4.74 Å². The molecule has 0 unspecified atom stereocenters. The van der Waals surface area contributed by atoms with Crippen molar-refractivity contribution in [3.63, 3.8) is 0 Å². The molecule has 0 saturated heterocycles. The summed E-state index contributed by atoms with van der Waals surface area (Å²) in [6.07, 6.45) is -0.967. The first kappa shape index (κ1) is 21.0. The van der Waals surface area contributed by atoms with E-state index < -0.39 is 21.7 Å². The van der Waals surface area contributed by atoms with Crippen molar-refractivity contribution in [1.82, 2.24) is 0 Å². The van der Waals surface area contributed by atoms with Gasteiger partial charge >= 0.3 is 6.09 Å². The molecule has 0 atom stereocenters. The van der Waals surface area contributed by atoms with Gasteiger partial charge in [0, 0.05) is 5.56 Å². The highest BCUT2D eigenvalue weighted by Crippen LogP contribution is 2.26. The number of carbonyl (C=O) groups excluding carboxylic acids is 1. The van der Waals surface area contributed by atoms with Crippen molar-refractivity contribution in [3.8, 4) is 11.8 Å². The summed E-state index contributed by atoms with van der Waals surface area (Å²) >= 11 is 3.20. The summed E-state index contributed by atoms with van der Waals surface area (Å²) in [7, 11) is -4.19. The van der Waals surface area contributed by atoms with Gasteiger partial charge in [-0.05, 0) is 51.1 Å². The van der Waals surface area contributed by atoms with Crippen LogP contribution in [0.5, 0.6) is 0 Å². The minimum atomic E-state index is -4.19. The molecule has 0 radical (unpaired) electrons. The zero-order chi connectivity index (χ0) is 20.1. The van der Waals surface area contributed by atoms with Crippen molar-refractivity contribution in [2.24, 2.45) is 0 Å². The first-order valence-corrected chi connectivity index (χ1v) is 10.7. The fraction of sp³-hybridized carbons (Fsp3) is 0.250. The minimum absolute atomic E-state index is 0.0430. The molecule has 0 N–H and O–H groups in total. The van der Waals surface area contributed by atoms with Crippen LogP contribution in [0.2, 0.25) is 0 Å². The smallest absolute Gasteiger partial charge is 0.429 e. The molecule has 2 aromatic carbocycles. The van der Waals surface area contributed by atoms with Crippen LogP contribution in [0.3, 0.4) is 0 Å². The number of benzene rings is 2. The summed E-state index contributed by atoms with van der Waals surface area (Å²) < 4.78 is 32.5. The molecule has 0 fully saturated rings. The van der Waals surface area contributed by atoms with E-state index in [0.717, 1.165) is 0 Å². The Kier molecular flexibility index (Phi) is 6.68. The molecule has 0 aromatic heterocycles. The number of ether oxygens (including phenoxy) is 1. The highest BCUT2D eigenvalue weighted by molar-refractivity contribution is 9.09. The Morgan fingerprint density at radius 1 is 1.11 bits per heavy atom. The molecule has 0 heterocycles. The molecule has 27 heavy (non-hydrogen) atoms. The number of carbonyl (C=O) groups is 1. The summed E-state index contributed by atoms with van der Waals surface area (Å²) in [4.78, 5) is 12.7. The van der Waals surface area contributed by atoms with Crippen LogP contribution in [0.25, 0.3) is 0 Å². The second-order valence-electron chi connectivity index (χ2n) is 6.55. The maximum absolute atomic E-state index is 13.3. The van der Waals surface area contributed by atoms with Gasteiger partial charge in [-0.25, -0.2) is 13.2 Å². The molecular formula is C20H20BrNO4S. The maximum Gasteiger partial charge on any atom is 0.429 e. The number of alkyl halides is 1. The van der Waals surface area contributed by atoms with Gasteiger partial charge in [-0.2, -0.15) is 4.31 Å². The molecule has 142 valence electrons. The van der Waals surface area contributed by atoms with Crippen LogP contribution in [-0.4, -0.2) is 25.4 Å². The van der Waals surface area contributed by atoms with Crippen LogP contribution in [0, 0.1) is 11.8 Å². The van der Waals surface area contributed by atoms with Crippen LogP contribution in [0.4, 0.5) is 10.5 Å². The van der Waals surface area contributed by atoms with Gasteiger partial charge in [-0.3, -0.25) is 0 Å². The topological polar surface area (TPSA) is 63.7 Å². The fourth-order valence-electron chi connectivity index (χ4n) is 2.18. The number of hydrogen-bond donors (Lipinski definition) is 0. The van der Waals surface area contributed by atoms with E-state index in [1.54, 1.807) is 51.1 Å². The highest BCUT2D eigenvalue weighted by atomic mass is 79.9. The van der Waals surface area contributed by atoms with Gasteiger partial charge in [-0.1, -0.05) is 52.0 Å². The van der Waals surface area contributed by atoms with Gasteiger partial charge in [0.1, 0.15) is 5.60 Å². The Labute approximate surface area is 168 Å². The maximum atomic E-state index is 13.3. The Bertz CT molecular complexity index is 970. The average Bonchev–Trinajstić information content (AvgIpc) is 2.59. The standard InChI is InChI=1S/C20H20BrNO4S/c1-20(2,3)26-19(23)22(17-11-5-4-6-12-17)27(24,25)18-13-7-9-16(15-18)10-8-14-21/h4-7,9,11-13,15H,14H2,1-3H3. The Hall–Kier alpha value is -2.30. The summed E-state index contributed by atoms with van der Waals surface area (Å²) in [5.41, 5.74) is -0.112. The molecule has 2 aromatic rings. The predicted molar refractivity (Wildman–Crippen MR) is 109 cm³/mol. The molecule has 0 aliphatic heterocycles. The first-order chi connectivity index (χ1) is 12.6. The summed E-state index contributed by atoms with van der Waals surface area (Å²) in [6.45, 7) is 5.03. The lowest BCUT2D eigenvalue weighted by molar-refractivity contribution is 0.0609. The van der Waals surface area contributed by atoms with E-state index >= 15 is 0 Å². The van der Waals surface area contributed by atoms with Crippen molar-refractivity contribution in [2.75, 3.05) is 9.64 Å². The number of halogens is 1. The Morgan fingerprint density at radius 3 is 2.37 bits per heavy atom. The van der Waals surface area contributed by atoms with Crippen LogP contribution in [0.15, 0.2) is 59.5 Å². The van der Waals surface area contributed by atoms with E-state index in [9.17, 15) is 13.2 Å². The average molecular weight is 450 g/mol. The van der Waals surface area contributed by atoms with E-state index in [1.807, 2.05) is 0 Å². The van der Waals surface area contributed by atoms with Crippen molar-refractivity contribution < 1.29 is 17.9 Å². The third-order valence-electron chi connectivity index (χ3n) is 3.22. The molecule has 0 bridgehead atoms. The van der Waals surface area contributed by atoms with E-state index in [0.29, 0.717) is 15.2 Å². The monoisotopic (exact) mass is 449 g/mol. The lowest BCUT2D eigenvalue weighted by Crippen LogP contribution is -2.41. The molecule has 0 aliphatic carbocycles. The van der Waals surface area contributed by atoms with Gasteiger partial charge in [0.2, 0.25) is 0 Å². The number of hydrogen-bond acceptors (Lipinski definition) is 4. The number of sulfonamides is 1. The van der Waals surface area contributed by atoms with Gasteiger partial charge in [-0.15, -0.1) is 0 Å².